The maximum absolute atomic E-state index is 13.2. The number of carbonyl (C=O) groups is 1. The Morgan fingerprint density at radius 1 is 1.50 bits per heavy atom. The first kappa shape index (κ1) is 10.9. The van der Waals surface area contributed by atoms with Crippen molar-refractivity contribution in [1.82, 2.24) is 0 Å². The molecule has 1 rings (SSSR count). The van der Waals surface area contributed by atoms with Gasteiger partial charge in [0.1, 0.15) is 11.9 Å². The fourth-order valence-electron chi connectivity index (χ4n) is 1.21. The predicted molar refractivity (Wildman–Crippen MR) is 51.8 cm³/mol. The van der Waals surface area contributed by atoms with Crippen LogP contribution in [0.1, 0.15) is 24.2 Å². The lowest BCUT2D eigenvalue weighted by Gasteiger charge is -2.10. The molecule has 1 aromatic rings. The first-order valence-corrected chi connectivity index (χ1v) is 4.57. The van der Waals surface area contributed by atoms with Gasteiger partial charge in [0.25, 0.3) is 0 Å². The van der Waals surface area contributed by atoms with Crippen molar-refractivity contribution in [3.05, 3.63) is 35.6 Å². The summed E-state index contributed by atoms with van der Waals surface area (Å²) in [6, 6.07) is 5.92. The average molecular weight is 196 g/mol. The number of hydrogen-bond donors (Lipinski definition) is 0. The minimum atomic E-state index is -0.586. The van der Waals surface area contributed by atoms with Crippen LogP contribution in [0.5, 0.6) is 0 Å². The molecule has 1 atom stereocenters. The Hall–Kier alpha value is -1.22. The summed E-state index contributed by atoms with van der Waals surface area (Å²) in [5.41, 5.74) is 0.0912. The SMILES string of the molecule is CCOC(C)C(=O)c1ccccc1F. The van der Waals surface area contributed by atoms with Gasteiger partial charge in [-0.05, 0) is 26.0 Å². The number of carbonyl (C=O) groups excluding carboxylic acids is 1. The second-order valence-corrected chi connectivity index (χ2v) is 2.94. The molecule has 3 heteroatoms. The van der Waals surface area contributed by atoms with E-state index in [1.165, 1.54) is 12.1 Å². The zero-order valence-electron chi connectivity index (χ0n) is 8.29. The molecule has 0 aliphatic rings. The van der Waals surface area contributed by atoms with Crippen molar-refractivity contribution >= 4 is 5.78 Å². The van der Waals surface area contributed by atoms with Gasteiger partial charge in [-0.25, -0.2) is 4.39 Å². The summed E-state index contributed by atoms with van der Waals surface area (Å²) in [4.78, 5) is 11.6. The molecule has 0 aliphatic heterocycles. The molecule has 0 bridgehead atoms. The van der Waals surface area contributed by atoms with Crippen molar-refractivity contribution in [3.8, 4) is 0 Å². The average Bonchev–Trinajstić information content (AvgIpc) is 2.18. The van der Waals surface area contributed by atoms with Crippen LogP contribution in [-0.4, -0.2) is 18.5 Å². The van der Waals surface area contributed by atoms with Crippen molar-refractivity contribution in [2.24, 2.45) is 0 Å². The number of ether oxygens (including phenoxy) is 1. The Bertz CT molecular complexity index is 323. The van der Waals surface area contributed by atoms with Crippen molar-refractivity contribution in [2.45, 2.75) is 20.0 Å². The number of benzene rings is 1. The van der Waals surface area contributed by atoms with E-state index in [4.69, 9.17) is 4.74 Å². The van der Waals surface area contributed by atoms with Crippen LogP contribution >= 0.6 is 0 Å². The molecule has 0 N–H and O–H groups in total. The van der Waals surface area contributed by atoms with E-state index in [1.807, 2.05) is 0 Å². The zero-order chi connectivity index (χ0) is 10.6. The van der Waals surface area contributed by atoms with E-state index >= 15 is 0 Å². The minimum absolute atomic E-state index is 0.0912. The first-order chi connectivity index (χ1) is 6.66. The second kappa shape index (κ2) is 4.86. The fraction of sp³-hybridized carbons (Fsp3) is 0.364. The van der Waals surface area contributed by atoms with Crippen LogP contribution in [0.4, 0.5) is 4.39 Å². The van der Waals surface area contributed by atoms with Crippen LogP contribution in [0.25, 0.3) is 0 Å². The molecule has 0 aliphatic carbocycles. The Morgan fingerprint density at radius 3 is 2.71 bits per heavy atom. The van der Waals surface area contributed by atoms with Gasteiger partial charge >= 0.3 is 0 Å². The van der Waals surface area contributed by atoms with E-state index in [1.54, 1.807) is 26.0 Å². The van der Waals surface area contributed by atoms with Crippen LogP contribution in [0.15, 0.2) is 24.3 Å². The quantitative estimate of drug-likeness (QED) is 0.691. The highest BCUT2D eigenvalue weighted by Crippen LogP contribution is 2.10. The lowest BCUT2D eigenvalue weighted by atomic mass is 10.1. The summed E-state index contributed by atoms with van der Waals surface area (Å²) in [5.74, 6) is -0.811. The molecule has 76 valence electrons. The molecule has 0 radical (unpaired) electrons. The van der Waals surface area contributed by atoms with E-state index in [9.17, 15) is 9.18 Å². The molecule has 1 unspecified atom stereocenters. The number of rotatable bonds is 4. The van der Waals surface area contributed by atoms with Gasteiger partial charge in [-0.2, -0.15) is 0 Å². The highest BCUT2D eigenvalue weighted by Gasteiger charge is 2.17. The summed E-state index contributed by atoms with van der Waals surface area (Å²) in [7, 11) is 0. The summed E-state index contributed by atoms with van der Waals surface area (Å²) in [6.45, 7) is 3.87. The van der Waals surface area contributed by atoms with Gasteiger partial charge in [0.2, 0.25) is 0 Å². The smallest absolute Gasteiger partial charge is 0.194 e. The molecule has 0 saturated carbocycles. The number of Topliss-reactive ketones (excluding diaryl/α,β-unsaturated/α-hetero) is 1. The van der Waals surface area contributed by atoms with Crippen LogP contribution in [-0.2, 0) is 4.74 Å². The van der Waals surface area contributed by atoms with Gasteiger partial charge in [-0.15, -0.1) is 0 Å². The standard InChI is InChI=1S/C11H13FO2/c1-3-14-8(2)11(13)9-6-4-5-7-10(9)12/h4-8H,3H2,1-2H3. The molecular formula is C11H13FO2. The molecule has 0 aromatic heterocycles. The lowest BCUT2D eigenvalue weighted by Crippen LogP contribution is -2.21. The summed E-state index contributed by atoms with van der Waals surface area (Å²) in [5, 5.41) is 0. The third-order valence-electron chi connectivity index (χ3n) is 1.93. The molecule has 14 heavy (non-hydrogen) atoms. The Kier molecular flexibility index (Phi) is 3.77. The molecule has 2 nitrogen and oxygen atoms in total. The molecule has 0 amide bonds. The highest BCUT2D eigenvalue weighted by atomic mass is 19.1. The molecule has 0 spiro atoms. The van der Waals surface area contributed by atoms with E-state index in [0.29, 0.717) is 6.61 Å². The van der Waals surface area contributed by atoms with Crippen LogP contribution in [0.3, 0.4) is 0 Å². The molecule has 0 saturated heterocycles. The maximum Gasteiger partial charge on any atom is 0.194 e. The van der Waals surface area contributed by atoms with E-state index in [2.05, 4.69) is 0 Å². The van der Waals surface area contributed by atoms with E-state index in [0.717, 1.165) is 0 Å². The summed E-state index contributed by atoms with van der Waals surface area (Å²) < 4.78 is 18.3. The highest BCUT2D eigenvalue weighted by molar-refractivity contribution is 5.99. The van der Waals surface area contributed by atoms with Crippen LogP contribution < -0.4 is 0 Å². The maximum atomic E-state index is 13.2. The van der Waals surface area contributed by atoms with Gasteiger partial charge in [0.05, 0.1) is 5.56 Å². The third-order valence-corrected chi connectivity index (χ3v) is 1.93. The van der Waals surface area contributed by atoms with E-state index in [-0.39, 0.29) is 11.3 Å². The zero-order valence-corrected chi connectivity index (χ0v) is 8.29. The number of hydrogen-bond acceptors (Lipinski definition) is 2. The van der Waals surface area contributed by atoms with Gasteiger partial charge in [0.15, 0.2) is 5.78 Å². The van der Waals surface area contributed by atoms with Crippen molar-refractivity contribution in [3.63, 3.8) is 0 Å². The van der Waals surface area contributed by atoms with Crippen LogP contribution in [0.2, 0.25) is 0 Å². The first-order valence-electron chi connectivity index (χ1n) is 4.57. The van der Waals surface area contributed by atoms with Crippen molar-refractivity contribution in [2.75, 3.05) is 6.61 Å². The van der Waals surface area contributed by atoms with Crippen LogP contribution in [0, 0.1) is 5.82 Å². The largest absolute Gasteiger partial charge is 0.371 e. The molecule has 0 heterocycles. The van der Waals surface area contributed by atoms with Gasteiger partial charge < -0.3 is 4.74 Å². The molecule has 0 fully saturated rings. The second-order valence-electron chi connectivity index (χ2n) is 2.94. The normalized spacial score (nSPS) is 12.5. The van der Waals surface area contributed by atoms with Crippen molar-refractivity contribution < 1.29 is 13.9 Å². The fourth-order valence-corrected chi connectivity index (χ4v) is 1.21. The molecular weight excluding hydrogens is 183 g/mol. The van der Waals surface area contributed by atoms with Crippen molar-refractivity contribution in [1.29, 1.82) is 0 Å². The summed E-state index contributed by atoms with van der Waals surface area (Å²) >= 11 is 0. The number of ketones is 1. The van der Waals surface area contributed by atoms with Gasteiger partial charge in [-0.1, -0.05) is 12.1 Å². The number of halogens is 1. The Labute approximate surface area is 82.7 Å². The molecule has 1 aromatic carbocycles. The van der Waals surface area contributed by atoms with Gasteiger partial charge in [-0.3, -0.25) is 4.79 Å². The lowest BCUT2D eigenvalue weighted by molar-refractivity contribution is 0.0517. The van der Waals surface area contributed by atoms with E-state index < -0.39 is 11.9 Å². The topological polar surface area (TPSA) is 26.3 Å². The Morgan fingerprint density at radius 2 is 2.14 bits per heavy atom. The van der Waals surface area contributed by atoms with Gasteiger partial charge in [0, 0.05) is 6.61 Å². The summed E-state index contributed by atoms with van der Waals surface area (Å²) in [6.07, 6.45) is -0.586. The monoisotopic (exact) mass is 196 g/mol. The third kappa shape index (κ3) is 2.39. The minimum Gasteiger partial charge on any atom is -0.371 e. The Balaban J connectivity index is 2.84. The predicted octanol–water partition coefficient (Wildman–Crippen LogP) is 2.43.